The molecule has 2 saturated heterocycles. The van der Waals surface area contributed by atoms with Crippen molar-refractivity contribution in [1.29, 1.82) is 0 Å². The van der Waals surface area contributed by atoms with Crippen molar-refractivity contribution >= 4 is 5.91 Å². The third kappa shape index (κ3) is 1.11. The molecule has 2 rings (SSSR count). The average molecular weight is 171 g/mol. The highest BCUT2D eigenvalue weighted by molar-refractivity contribution is 5.79. The van der Waals surface area contributed by atoms with E-state index >= 15 is 0 Å². The van der Waals surface area contributed by atoms with E-state index in [1.54, 1.807) is 4.90 Å². The summed E-state index contributed by atoms with van der Waals surface area (Å²) in [6, 6.07) is 0.273. The predicted molar refractivity (Wildman–Crippen MR) is 41.6 cm³/mol. The smallest absolute Gasteiger partial charge is 0.249 e. The summed E-state index contributed by atoms with van der Waals surface area (Å²) in [6.07, 6.45) is 1.88. The molecular formula is C8H13NO3. The summed E-state index contributed by atoms with van der Waals surface area (Å²) in [7, 11) is 0. The number of morpholine rings is 1. The molecule has 4 heteroatoms. The predicted octanol–water partition coefficient (Wildman–Crippen LogP) is -0.632. The topological polar surface area (TPSA) is 49.8 Å². The van der Waals surface area contributed by atoms with E-state index in [0.29, 0.717) is 6.61 Å². The van der Waals surface area contributed by atoms with Gasteiger partial charge in [0.15, 0.2) is 0 Å². The van der Waals surface area contributed by atoms with E-state index in [1.165, 1.54) is 0 Å². The van der Waals surface area contributed by atoms with Crippen molar-refractivity contribution < 1.29 is 14.6 Å². The Balaban J connectivity index is 2.11. The highest BCUT2D eigenvalue weighted by atomic mass is 16.5. The van der Waals surface area contributed by atoms with Gasteiger partial charge >= 0.3 is 0 Å². The van der Waals surface area contributed by atoms with Crippen molar-refractivity contribution in [3.8, 4) is 0 Å². The van der Waals surface area contributed by atoms with Gasteiger partial charge in [-0.25, -0.2) is 0 Å². The van der Waals surface area contributed by atoms with Crippen LogP contribution >= 0.6 is 0 Å². The van der Waals surface area contributed by atoms with Crippen molar-refractivity contribution in [2.24, 2.45) is 0 Å². The summed E-state index contributed by atoms with van der Waals surface area (Å²) in [5.41, 5.74) is 0. The molecule has 0 spiro atoms. The number of hydrogen-bond donors (Lipinski definition) is 1. The lowest BCUT2D eigenvalue weighted by Gasteiger charge is -2.33. The fourth-order valence-corrected chi connectivity index (χ4v) is 2.07. The first-order chi connectivity index (χ1) is 5.83. The van der Waals surface area contributed by atoms with Crippen LogP contribution in [0.3, 0.4) is 0 Å². The van der Waals surface area contributed by atoms with E-state index in [1.807, 2.05) is 0 Å². The molecule has 2 aliphatic heterocycles. The van der Waals surface area contributed by atoms with Gasteiger partial charge in [-0.2, -0.15) is 0 Å². The number of ether oxygens (including phenoxy) is 1. The second kappa shape index (κ2) is 3.03. The van der Waals surface area contributed by atoms with Gasteiger partial charge in [-0.3, -0.25) is 4.79 Å². The number of carbonyl (C=O) groups excluding carboxylic acids is 1. The van der Waals surface area contributed by atoms with Crippen LogP contribution in [0.15, 0.2) is 0 Å². The Morgan fingerprint density at radius 1 is 1.58 bits per heavy atom. The van der Waals surface area contributed by atoms with Gasteiger partial charge in [0.2, 0.25) is 5.91 Å². The van der Waals surface area contributed by atoms with Crippen LogP contribution in [-0.2, 0) is 9.53 Å². The number of fused-ring (bicyclic) bond motifs is 1. The van der Waals surface area contributed by atoms with Gasteiger partial charge in [0.1, 0.15) is 6.61 Å². The summed E-state index contributed by atoms with van der Waals surface area (Å²) in [4.78, 5) is 13.1. The largest absolute Gasteiger partial charge is 0.394 e. The van der Waals surface area contributed by atoms with Crippen molar-refractivity contribution in [2.45, 2.75) is 24.9 Å². The lowest BCUT2D eigenvalue weighted by atomic mass is 10.2. The summed E-state index contributed by atoms with van der Waals surface area (Å²) in [6.45, 7) is 0.914. The van der Waals surface area contributed by atoms with E-state index in [0.717, 1.165) is 12.8 Å². The fraction of sp³-hybridized carbons (Fsp3) is 0.875. The molecule has 0 aromatic heterocycles. The molecular weight excluding hydrogens is 158 g/mol. The first-order valence-corrected chi connectivity index (χ1v) is 4.32. The van der Waals surface area contributed by atoms with Crippen molar-refractivity contribution in [2.75, 3.05) is 19.8 Å². The maximum Gasteiger partial charge on any atom is 0.249 e. The molecule has 2 aliphatic rings. The average Bonchev–Trinajstić information content (AvgIpc) is 2.49. The molecule has 4 nitrogen and oxygen atoms in total. The molecule has 68 valence electrons. The van der Waals surface area contributed by atoms with Crippen molar-refractivity contribution in [3.63, 3.8) is 0 Å². The van der Waals surface area contributed by atoms with Gasteiger partial charge < -0.3 is 14.7 Å². The zero-order valence-electron chi connectivity index (χ0n) is 6.90. The number of aliphatic hydroxyl groups excluding tert-OH is 1. The molecule has 0 bridgehead atoms. The minimum absolute atomic E-state index is 0.0304. The molecule has 0 aliphatic carbocycles. The quantitative estimate of drug-likeness (QED) is 0.571. The molecule has 0 unspecified atom stereocenters. The Labute approximate surface area is 71.1 Å². The van der Waals surface area contributed by atoms with E-state index < -0.39 is 0 Å². The first kappa shape index (κ1) is 8.01. The molecule has 0 aromatic carbocycles. The van der Waals surface area contributed by atoms with E-state index in [-0.39, 0.29) is 31.2 Å². The van der Waals surface area contributed by atoms with Crippen molar-refractivity contribution in [3.05, 3.63) is 0 Å². The number of amides is 1. The number of rotatable bonds is 1. The molecule has 0 aromatic rings. The van der Waals surface area contributed by atoms with Gasteiger partial charge in [0, 0.05) is 0 Å². The van der Waals surface area contributed by atoms with Gasteiger partial charge in [-0.15, -0.1) is 0 Å². The summed E-state index contributed by atoms with van der Waals surface area (Å²) >= 11 is 0. The second-order valence-electron chi connectivity index (χ2n) is 3.38. The number of nitrogens with zero attached hydrogens (tertiary/aromatic N) is 1. The van der Waals surface area contributed by atoms with E-state index in [2.05, 4.69) is 0 Å². The Morgan fingerprint density at radius 2 is 2.42 bits per heavy atom. The molecule has 1 N–H and O–H groups in total. The second-order valence-corrected chi connectivity index (χ2v) is 3.38. The molecule has 0 saturated carbocycles. The van der Waals surface area contributed by atoms with Crippen LogP contribution in [0.2, 0.25) is 0 Å². The zero-order chi connectivity index (χ0) is 8.55. The van der Waals surface area contributed by atoms with Gasteiger partial charge in [0.25, 0.3) is 0 Å². The fourth-order valence-electron chi connectivity index (χ4n) is 2.07. The van der Waals surface area contributed by atoms with Crippen molar-refractivity contribution in [1.82, 2.24) is 4.90 Å². The Hall–Kier alpha value is -0.610. The normalized spacial score (nSPS) is 35.4. The summed E-state index contributed by atoms with van der Waals surface area (Å²) < 4.78 is 5.12. The zero-order valence-corrected chi connectivity index (χ0v) is 6.90. The number of aliphatic hydroxyl groups is 1. The Bertz CT molecular complexity index is 189. The summed E-state index contributed by atoms with van der Waals surface area (Å²) in [5.74, 6) is 0.0304. The van der Waals surface area contributed by atoms with E-state index in [9.17, 15) is 4.79 Å². The van der Waals surface area contributed by atoms with Crippen LogP contribution in [0.25, 0.3) is 0 Å². The van der Waals surface area contributed by atoms with Gasteiger partial charge in [-0.05, 0) is 12.8 Å². The van der Waals surface area contributed by atoms with Crippen LogP contribution in [0.1, 0.15) is 12.8 Å². The molecule has 1 amide bonds. The SMILES string of the molecule is O=C1COC[C@@H]2CC[C@@H](CO)N12. The maximum atomic E-state index is 11.3. The minimum Gasteiger partial charge on any atom is -0.394 e. The van der Waals surface area contributed by atoms with Crippen LogP contribution in [0.5, 0.6) is 0 Å². The maximum absolute atomic E-state index is 11.3. The monoisotopic (exact) mass is 171 g/mol. The standard InChI is InChI=1S/C8H13NO3/c10-3-6-1-2-7-4-12-5-8(11)9(6)7/h6-7,10H,1-5H2/t6-,7-/m0/s1. The minimum atomic E-state index is 0.0304. The molecule has 2 fully saturated rings. The van der Waals surface area contributed by atoms with Crippen LogP contribution in [0, 0.1) is 0 Å². The molecule has 12 heavy (non-hydrogen) atoms. The van der Waals surface area contributed by atoms with Gasteiger partial charge in [0.05, 0.1) is 25.3 Å². The number of hydrogen-bond acceptors (Lipinski definition) is 3. The molecule has 2 atom stereocenters. The van der Waals surface area contributed by atoms with E-state index in [4.69, 9.17) is 9.84 Å². The highest BCUT2D eigenvalue weighted by Crippen LogP contribution is 2.26. The third-order valence-electron chi connectivity index (χ3n) is 2.65. The van der Waals surface area contributed by atoms with Crippen LogP contribution in [0.4, 0.5) is 0 Å². The molecule has 0 radical (unpaired) electrons. The number of carbonyl (C=O) groups is 1. The molecule has 2 heterocycles. The first-order valence-electron chi connectivity index (χ1n) is 4.32. The lowest BCUT2D eigenvalue weighted by molar-refractivity contribution is -0.148. The van der Waals surface area contributed by atoms with Crippen LogP contribution < -0.4 is 0 Å². The highest BCUT2D eigenvalue weighted by Gasteiger charge is 2.38. The lowest BCUT2D eigenvalue weighted by Crippen LogP contribution is -2.50. The Kier molecular flexibility index (Phi) is 2.02. The van der Waals surface area contributed by atoms with Gasteiger partial charge in [-0.1, -0.05) is 0 Å². The third-order valence-corrected chi connectivity index (χ3v) is 2.65. The van der Waals surface area contributed by atoms with Crippen LogP contribution in [-0.4, -0.2) is 47.8 Å². The summed E-state index contributed by atoms with van der Waals surface area (Å²) in [5, 5.41) is 8.99. The Morgan fingerprint density at radius 3 is 3.17 bits per heavy atom.